The Morgan fingerprint density at radius 3 is 3.00 bits per heavy atom. The summed E-state index contributed by atoms with van der Waals surface area (Å²) in [4.78, 5) is 10.3. The molecule has 0 spiro atoms. The molecule has 1 aromatic heterocycles. The van der Waals surface area contributed by atoms with Crippen LogP contribution in [-0.2, 0) is 6.54 Å². The third kappa shape index (κ3) is 2.87. The summed E-state index contributed by atoms with van der Waals surface area (Å²) in [6.45, 7) is 2.36. The molecule has 1 saturated heterocycles. The fourth-order valence-electron chi connectivity index (χ4n) is 1.84. The molecule has 1 aliphatic rings. The number of hydrogen-bond donors (Lipinski definition) is 1. The molecule has 15 heavy (non-hydrogen) atoms. The van der Waals surface area contributed by atoms with Gasteiger partial charge in [0, 0.05) is 25.5 Å². The number of piperidine rings is 1. The van der Waals surface area contributed by atoms with E-state index in [1.165, 1.54) is 0 Å². The van der Waals surface area contributed by atoms with Crippen molar-refractivity contribution in [2.24, 2.45) is 0 Å². The van der Waals surface area contributed by atoms with Crippen molar-refractivity contribution in [3.05, 3.63) is 23.2 Å². The van der Waals surface area contributed by atoms with Crippen LogP contribution < -0.4 is 0 Å². The van der Waals surface area contributed by atoms with Crippen LogP contribution in [0.5, 0.6) is 0 Å². The summed E-state index contributed by atoms with van der Waals surface area (Å²) in [5.41, 5.74) is 0.785. The van der Waals surface area contributed by atoms with Gasteiger partial charge in [-0.1, -0.05) is 11.6 Å². The van der Waals surface area contributed by atoms with Gasteiger partial charge in [-0.3, -0.25) is 9.88 Å². The zero-order valence-corrected chi connectivity index (χ0v) is 9.19. The molecule has 1 aromatic rings. The van der Waals surface area contributed by atoms with E-state index in [4.69, 9.17) is 11.6 Å². The summed E-state index contributed by atoms with van der Waals surface area (Å²) in [5.74, 6) is 0. The van der Waals surface area contributed by atoms with Gasteiger partial charge in [-0.05, 0) is 19.4 Å². The van der Waals surface area contributed by atoms with Gasteiger partial charge in [-0.25, -0.2) is 4.98 Å². The second-order valence-corrected chi connectivity index (χ2v) is 4.18. The average Bonchev–Trinajstić information content (AvgIpc) is 2.22. The van der Waals surface area contributed by atoms with Gasteiger partial charge in [0.1, 0.15) is 0 Å². The molecule has 0 bridgehead atoms. The molecule has 1 N–H and O–H groups in total. The van der Waals surface area contributed by atoms with Crippen molar-refractivity contribution in [1.82, 2.24) is 14.9 Å². The van der Waals surface area contributed by atoms with Gasteiger partial charge in [0.15, 0.2) is 5.15 Å². The molecule has 0 aliphatic carbocycles. The third-order valence-corrected chi connectivity index (χ3v) is 2.89. The average molecular weight is 228 g/mol. The molecule has 0 radical (unpaired) electrons. The van der Waals surface area contributed by atoms with E-state index < -0.39 is 0 Å². The molecule has 82 valence electrons. The Bertz CT molecular complexity index is 334. The van der Waals surface area contributed by atoms with Gasteiger partial charge in [-0.15, -0.1) is 0 Å². The first-order valence-electron chi connectivity index (χ1n) is 5.11. The van der Waals surface area contributed by atoms with E-state index in [9.17, 15) is 5.11 Å². The molecule has 0 saturated carbocycles. The molecule has 1 aliphatic heterocycles. The Morgan fingerprint density at radius 1 is 1.47 bits per heavy atom. The summed E-state index contributed by atoms with van der Waals surface area (Å²) >= 11 is 5.92. The lowest BCUT2D eigenvalue weighted by molar-refractivity contribution is 0.0661. The molecule has 1 atom stereocenters. The van der Waals surface area contributed by atoms with Crippen molar-refractivity contribution in [1.29, 1.82) is 0 Å². The van der Waals surface area contributed by atoms with E-state index in [0.29, 0.717) is 18.2 Å². The zero-order chi connectivity index (χ0) is 10.7. The van der Waals surface area contributed by atoms with Crippen LogP contribution in [0.15, 0.2) is 12.4 Å². The number of aromatic nitrogens is 2. The van der Waals surface area contributed by atoms with Crippen LogP contribution in [0.3, 0.4) is 0 Å². The highest BCUT2D eigenvalue weighted by Crippen LogP contribution is 2.15. The van der Waals surface area contributed by atoms with Gasteiger partial charge in [0.2, 0.25) is 0 Å². The fourth-order valence-corrected chi connectivity index (χ4v) is 2.01. The lowest BCUT2D eigenvalue weighted by atomic mass is 10.1. The van der Waals surface area contributed by atoms with Crippen LogP contribution in [0, 0.1) is 0 Å². The predicted octanol–water partition coefficient (Wildman–Crippen LogP) is 1.09. The van der Waals surface area contributed by atoms with Crippen molar-refractivity contribution in [2.45, 2.75) is 25.5 Å². The van der Waals surface area contributed by atoms with Crippen molar-refractivity contribution in [3.8, 4) is 0 Å². The highest BCUT2D eigenvalue weighted by molar-refractivity contribution is 6.29. The lowest BCUT2D eigenvalue weighted by Gasteiger charge is -2.29. The maximum Gasteiger partial charge on any atom is 0.151 e. The molecular weight excluding hydrogens is 214 g/mol. The normalized spacial score (nSPS) is 22.9. The predicted molar refractivity (Wildman–Crippen MR) is 57.6 cm³/mol. The summed E-state index contributed by atoms with van der Waals surface area (Å²) in [6, 6.07) is 0. The Balaban J connectivity index is 1.99. The first-order chi connectivity index (χ1) is 7.25. The fraction of sp³-hybridized carbons (Fsp3) is 0.600. The minimum Gasteiger partial charge on any atom is -0.392 e. The monoisotopic (exact) mass is 227 g/mol. The number of rotatable bonds is 2. The van der Waals surface area contributed by atoms with Crippen LogP contribution in [0.4, 0.5) is 0 Å². The number of halogens is 1. The van der Waals surface area contributed by atoms with Crippen molar-refractivity contribution in [2.75, 3.05) is 13.1 Å². The quantitative estimate of drug-likeness (QED) is 0.822. The minimum absolute atomic E-state index is 0.214. The van der Waals surface area contributed by atoms with E-state index in [1.54, 1.807) is 12.4 Å². The number of aliphatic hydroxyl groups is 1. The van der Waals surface area contributed by atoms with Gasteiger partial charge in [0.05, 0.1) is 11.8 Å². The van der Waals surface area contributed by atoms with E-state index >= 15 is 0 Å². The number of likely N-dealkylation sites (tertiary alicyclic amines) is 1. The molecule has 0 aromatic carbocycles. The van der Waals surface area contributed by atoms with Gasteiger partial charge in [-0.2, -0.15) is 0 Å². The molecule has 4 nitrogen and oxygen atoms in total. The van der Waals surface area contributed by atoms with E-state index in [-0.39, 0.29) is 6.10 Å². The smallest absolute Gasteiger partial charge is 0.151 e. The van der Waals surface area contributed by atoms with Crippen LogP contribution in [-0.4, -0.2) is 39.2 Å². The van der Waals surface area contributed by atoms with Crippen molar-refractivity contribution >= 4 is 11.6 Å². The summed E-state index contributed by atoms with van der Waals surface area (Å²) in [5, 5.41) is 9.97. The van der Waals surface area contributed by atoms with Gasteiger partial charge in [0.25, 0.3) is 0 Å². The molecule has 1 fully saturated rings. The van der Waals surface area contributed by atoms with Gasteiger partial charge >= 0.3 is 0 Å². The Hall–Kier alpha value is -0.710. The van der Waals surface area contributed by atoms with Crippen LogP contribution >= 0.6 is 11.6 Å². The zero-order valence-electron chi connectivity index (χ0n) is 8.43. The van der Waals surface area contributed by atoms with E-state index in [0.717, 1.165) is 25.1 Å². The number of hydrogen-bond acceptors (Lipinski definition) is 4. The van der Waals surface area contributed by atoms with E-state index in [1.807, 2.05) is 0 Å². The molecule has 2 rings (SSSR count). The van der Waals surface area contributed by atoms with Crippen LogP contribution in [0.2, 0.25) is 5.15 Å². The van der Waals surface area contributed by atoms with Crippen LogP contribution in [0.25, 0.3) is 0 Å². The largest absolute Gasteiger partial charge is 0.392 e. The molecule has 0 amide bonds. The third-order valence-electron chi connectivity index (χ3n) is 2.58. The highest BCUT2D eigenvalue weighted by Gasteiger charge is 2.18. The Morgan fingerprint density at radius 2 is 2.27 bits per heavy atom. The Kier molecular flexibility index (Phi) is 3.51. The molecular formula is C10H14ClN3O. The minimum atomic E-state index is -0.214. The first kappa shape index (κ1) is 10.8. The topological polar surface area (TPSA) is 49.2 Å². The maximum atomic E-state index is 9.52. The molecule has 1 unspecified atom stereocenters. The van der Waals surface area contributed by atoms with Gasteiger partial charge < -0.3 is 5.11 Å². The van der Waals surface area contributed by atoms with Crippen molar-refractivity contribution < 1.29 is 5.11 Å². The highest BCUT2D eigenvalue weighted by atomic mass is 35.5. The Labute approximate surface area is 93.9 Å². The second kappa shape index (κ2) is 4.88. The standard InChI is InChI=1S/C10H14ClN3O/c11-10-9(12-3-4-13-10)7-14-5-1-2-8(15)6-14/h3-4,8,15H,1-2,5-7H2. The SMILES string of the molecule is OC1CCCN(Cc2nccnc2Cl)C1. The maximum absolute atomic E-state index is 9.52. The van der Waals surface area contributed by atoms with Crippen molar-refractivity contribution in [3.63, 3.8) is 0 Å². The molecule has 2 heterocycles. The second-order valence-electron chi connectivity index (χ2n) is 3.83. The lowest BCUT2D eigenvalue weighted by Crippen LogP contribution is -2.37. The number of aliphatic hydroxyl groups excluding tert-OH is 1. The number of nitrogens with zero attached hydrogens (tertiary/aromatic N) is 3. The van der Waals surface area contributed by atoms with Crippen LogP contribution in [0.1, 0.15) is 18.5 Å². The molecule has 5 heteroatoms. The summed E-state index contributed by atoms with van der Waals surface area (Å²) < 4.78 is 0. The first-order valence-corrected chi connectivity index (χ1v) is 5.49. The summed E-state index contributed by atoms with van der Waals surface area (Å²) in [6.07, 6.45) is 4.93. The van der Waals surface area contributed by atoms with E-state index in [2.05, 4.69) is 14.9 Å². The number of β-amino-alcohol motifs (C(OH)–C–C–N with tert-alkyl or cyclic N) is 1. The summed E-state index contributed by atoms with van der Waals surface area (Å²) in [7, 11) is 0.